The van der Waals surface area contributed by atoms with Gasteiger partial charge in [0.25, 0.3) is 0 Å². The zero-order chi connectivity index (χ0) is 15.4. The molecule has 2 aromatic rings. The molecular formula is C17H16FNO2. The summed E-state index contributed by atoms with van der Waals surface area (Å²) in [6.45, 7) is 3.20. The van der Waals surface area contributed by atoms with Gasteiger partial charge in [0.1, 0.15) is 5.82 Å². The fourth-order valence-electron chi connectivity index (χ4n) is 2.10. The highest BCUT2D eigenvalue weighted by atomic mass is 19.1. The van der Waals surface area contributed by atoms with Gasteiger partial charge in [-0.05, 0) is 30.2 Å². The van der Waals surface area contributed by atoms with Crippen molar-refractivity contribution in [3.05, 3.63) is 59.4 Å². The number of rotatable bonds is 4. The van der Waals surface area contributed by atoms with Crippen LogP contribution < -0.4 is 5.32 Å². The molecule has 0 fully saturated rings. The highest BCUT2D eigenvalue weighted by Crippen LogP contribution is 2.26. The van der Waals surface area contributed by atoms with Crippen LogP contribution in [0.2, 0.25) is 0 Å². The Bertz CT molecular complexity index is 695. The molecule has 108 valence electrons. The van der Waals surface area contributed by atoms with E-state index in [0.717, 1.165) is 5.56 Å². The first-order valence-electron chi connectivity index (χ1n) is 6.61. The van der Waals surface area contributed by atoms with Crippen LogP contribution in [0.5, 0.6) is 0 Å². The van der Waals surface area contributed by atoms with Crippen LogP contribution in [0.3, 0.4) is 0 Å². The third kappa shape index (κ3) is 3.75. The summed E-state index contributed by atoms with van der Waals surface area (Å²) in [6.07, 6.45) is 0. The number of aryl methyl sites for hydroxylation is 1. The molecule has 0 unspecified atom stereocenters. The quantitative estimate of drug-likeness (QED) is 0.877. The molecule has 0 aliphatic rings. The number of nitrogens with one attached hydrogen (secondary N) is 1. The Morgan fingerprint density at radius 1 is 1.14 bits per heavy atom. The Morgan fingerprint density at radius 3 is 2.57 bits per heavy atom. The summed E-state index contributed by atoms with van der Waals surface area (Å²) < 4.78 is 13.4. The van der Waals surface area contributed by atoms with Gasteiger partial charge in [0.15, 0.2) is 5.78 Å². The highest BCUT2D eigenvalue weighted by Gasteiger charge is 2.13. The summed E-state index contributed by atoms with van der Waals surface area (Å²) >= 11 is 0. The van der Waals surface area contributed by atoms with Gasteiger partial charge in [0.05, 0.1) is 6.54 Å². The van der Waals surface area contributed by atoms with Crippen molar-refractivity contribution in [1.82, 2.24) is 5.32 Å². The Balaban J connectivity index is 2.43. The van der Waals surface area contributed by atoms with Crippen LogP contribution in [0, 0.1) is 12.7 Å². The minimum Gasteiger partial charge on any atom is -0.349 e. The number of hydrogen-bond acceptors (Lipinski definition) is 2. The topological polar surface area (TPSA) is 46.2 Å². The van der Waals surface area contributed by atoms with Crippen molar-refractivity contribution in [2.75, 3.05) is 6.54 Å². The molecule has 0 aliphatic heterocycles. The maximum Gasteiger partial charge on any atom is 0.217 e. The first-order chi connectivity index (χ1) is 9.97. The average molecular weight is 285 g/mol. The van der Waals surface area contributed by atoms with Gasteiger partial charge in [0.2, 0.25) is 5.91 Å². The van der Waals surface area contributed by atoms with Crippen LogP contribution in [0.25, 0.3) is 11.1 Å². The summed E-state index contributed by atoms with van der Waals surface area (Å²) in [5.74, 6) is -0.818. The number of Topliss-reactive ketones (excluding diaryl/α,β-unsaturated/α-hetero) is 1. The fourth-order valence-corrected chi connectivity index (χ4v) is 2.10. The van der Waals surface area contributed by atoms with Gasteiger partial charge < -0.3 is 5.32 Å². The lowest BCUT2D eigenvalue weighted by atomic mass is 9.95. The van der Waals surface area contributed by atoms with Crippen LogP contribution in [-0.2, 0) is 4.79 Å². The minimum absolute atomic E-state index is 0.0687. The van der Waals surface area contributed by atoms with E-state index in [1.54, 1.807) is 18.2 Å². The second-order valence-corrected chi connectivity index (χ2v) is 4.89. The van der Waals surface area contributed by atoms with E-state index in [1.165, 1.54) is 19.1 Å². The van der Waals surface area contributed by atoms with Crippen molar-refractivity contribution >= 4 is 11.7 Å². The zero-order valence-corrected chi connectivity index (χ0v) is 11.9. The Hall–Kier alpha value is -2.49. The molecule has 0 spiro atoms. The maximum absolute atomic E-state index is 13.4. The van der Waals surface area contributed by atoms with E-state index in [2.05, 4.69) is 5.32 Å². The molecule has 2 aromatic carbocycles. The molecule has 0 saturated carbocycles. The van der Waals surface area contributed by atoms with Gasteiger partial charge in [0, 0.05) is 12.5 Å². The molecule has 0 bridgehead atoms. The molecule has 0 saturated heterocycles. The molecule has 0 aliphatic carbocycles. The standard InChI is InChI=1S/C17H16FNO2/c1-11-6-7-15(17(21)10-19-12(2)20)16(8-11)13-4-3-5-14(18)9-13/h3-9H,10H2,1-2H3,(H,19,20). The molecule has 1 amide bonds. The molecule has 0 heterocycles. The number of ketones is 1. The smallest absolute Gasteiger partial charge is 0.217 e. The molecule has 0 aromatic heterocycles. The predicted octanol–water partition coefficient (Wildman–Crippen LogP) is 3.12. The Kier molecular flexibility index (Phi) is 4.48. The number of carbonyl (C=O) groups excluding carboxylic acids is 2. The molecule has 3 nitrogen and oxygen atoms in total. The summed E-state index contributed by atoms with van der Waals surface area (Å²) in [5, 5.41) is 2.49. The predicted molar refractivity (Wildman–Crippen MR) is 79.6 cm³/mol. The number of amides is 1. The van der Waals surface area contributed by atoms with E-state index in [-0.39, 0.29) is 24.1 Å². The second kappa shape index (κ2) is 6.31. The summed E-state index contributed by atoms with van der Waals surface area (Å²) in [6, 6.07) is 11.5. The van der Waals surface area contributed by atoms with Gasteiger partial charge in [-0.15, -0.1) is 0 Å². The number of halogens is 1. The minimum atomic E-state index is -0.353. The first-order valence-corrected chi connectivity index (χ1v) is 6.61. The van der Waals surface area contributed by atoms with E-state index in [0.29, 0.717) is 16.7 Å². The van der Waals surface area contributed by atoms with Gasteiger partial charge in [-0.25, -0.2) is 4.39 Å². The van der Waals surface area contributed by atoms with E-state index in [9.17, 15) is 14.0 Å². The van der Waals surface area contributed by atoms with Gasteiger partial charge in [-0.2, -0.15) is 0 Å². The van der Waals surface area contributed by atoms with Crippen LogP contribution >= 0.6 is 0 Å². The summed E-state index contributed by atoms with van der Waals surface area (Å²) in [7, 11) is 0. The third-order valence-corrected chi connectivity index (χ3v) is 3.11. The van der Waals surface area contributed by atoms with E-state index in [4.69, 9.17) is 0 Å². The van der Waals surface area contributed by atoms with Crippen LogP contribution in [0.15, 0.2) is 42.5 Å². The number of hydrogen-bond donors (Lipinski definition) is 1. The van der Waals surface area contributed by atoms with Crippen molar-refractivity contribution < 1.29 is 14.0 Å². The van der Waals surface area contributed by atoms with Crippen molar-refractivity contribution in [3.63, 3.8) is 0 Å². The van der Waals surface area contributed by atoms with Crippen LogP contribution in [0.1, 0.15) is 22.8 Å². The third-order valence-electron chi connectivity index (χ3n) is 3.11. The lowest BCUT2D eigenvalue weighted by Crippen LogP contribution is -2.27. The van der Waals surface area contributed by atoms with Gasteiger partial charge >= 0.3 is 0 Å². The molecule has 4 heteroatoms. The van der Waals surface area contributed by atoms with Gasteiger partial charge in [-0.3, -0.25) is 9.59 Å². The van der Waals surface area contributed by atoms with E-state index in [1.807, 2.05) is 19.1 Å². The Morgan fingerprint density at radius 2 is 1.90 bits per heavy atom. The van der Waals surface area contributed by atoms with Crippen molar-refractivity contribution in [2.24, 2.45) is 0 Å². The second-order valence-electron chi connectivity index (χ2n) is 4.89. The molecule has 21 heavy (non-hydrogen) atoms. The van der Waals surface area contributed by atoms with Gasteiger partial charge in [-0.1, -0.05) is 35.9 Å². The average Bonchev–Trinajstić information content (AvgIpc) is 2.44. The van der Waals surface area contributed by atoms with Crippen LogP contribution in [0.4, 0.5) is 4.39 Å². The summed E-state index contributed by atoms with van der Waals surface area (Å²) in [4.78, 5) is 23.2. The lowest BCUT2D eigenvalue weighted by Gasteiger charge is -2.11. The highest BCUT2D eigenvalue weighted by molar-refractivity contribution is 6.04. The number of benzene rings is 2. The molecule has 0 radical (unpaired) electrons. The van der Waals surface area contributed by atoms with Crippen molar-refractivity contribution in [3.8, 4) is 11.1 Å². The van der Waals surface area contributed by atoms with E-state index < -0.39 is 0 Å². The largest absolute Gasteiger partial charge is 0.349 e. The number of carbonyl (C=O) groups is 2. The Labute approximate surface area is 122 Å². The maximum atomic E-state index is 13.4. The molecular weight excluding hydrogens is 269 g/mol. The normalized spacial score (nSPS) is 10.2. The van der Waals surface area contributed by atoms with Crippen LogP contribution in [-0.4, -0.2) is 18.2 Å². The first kappa shape index (κ1) is 14.9. The molecule has 2 rings (SSSR count). The van der Waals surface area contributed by atoms with Crippen molar-refractivity contribution in [2.45, 2.75) is 13.8 Å². The van der Waals surface area contributed by atoms with E-state index >= 15 is 0 Å². The SMILES string of the molecule is CC(=O)NCC(=O)c1ccc(C)cc1-c1cccc(F)c1. The lowest BCUT2D eigenvalue weighted by molar-refractivity contribution is -0.118. The fraction of sp³-hybridized carbons (Fsp3) is 0.176. The monoisotopic (exact) mass is 285 g/mol. The molecule has 0 atom stereocenters. The molecule has 1 N–H and O–H groups in total. The van der Waals surface area contributed by atoms with Crippen molar-refractivity contribution in [1.29, 1.82) is 0 Å². The summed E-state index contributed by atoms with van der Waals surface area (Å²) in [5.41, 5.74) is 2.76. The zero-order valence-electron chi connectivity index (χ0n) is 11.9.